The maximum Gasteiger partial charge on any atom is 0.407 e. The summed E-state index contributed by atoms with van der Waals surface area (Å²) in [6.45, 7) is 4.63. The van der Waals surface area contributed by atoms with Crippen LogP contribution in [0.15, 0.2) is 66.9 Å². The molecular formula is C43H53N7O9. The van der Waals surface area contributed by atoms with Crippen LogP contribution in [0.4, 0.5) is 9.59 Å². The van der Waals surface area contributed by atoms with Gasteiger partial charge in [0.15, 0.2) is 0 Å². The second-order valence-electron chi connectivity index (χ2n) is 14.9. The van der Waals surface area contributed by atoms with Crippen LogP contribution < -0.4 is 16.0 Å². The Morgan fingerprint density at radius 3 is 1.88 bits per heavy atom. The molecule has 2 aliphatic heterocycles. The lowest BCUT2D eigenvalue weighted by molar-refractivity contribution is -0.142. The van der Waals surface area contributed by atoms with Crippen molar-refractivity contribution in [2.75, 3.05) is 41.5 Å². The normalized spacial score (nSPS) is 18.5. The van der Waals surface area contributed by atoms with Gasteiger partial charge in [0.1, 0.15) is 23.9 Å². The number of likely N-dealkylation sites (tertiary alicyclic amines) is 2. The number of nitrogens with one attached hydrogen (secondary N) is 4. The van der Waals surface area contributed by atoms with Gasteiger partial charge < -0.3 is 49.7 Å². The number of amides is 5. The van der Waals surface area contributed by atoms with Crippen LogP contribution in [0.5, 0.6) is 0 Å². The average molecular weight is 812 g/mol. The number of benzene rings is 3. The third kappa shape index (κ3) is 9.66. The molecule has 6 rings (SSSR count). The summed E-state index contributed by atoms with van der Waals surface area (Å²) in [5, 5.41) is 10.2. The van der Waals surface area contributed by atoms with Crippen molar-refractivity contribution in [3.05, 3.63) is 78.2 Å². The molecule has 3 heterocycles. The van der Waals surface area contributed by atoms with Gasteiger partial charge in [0.05, 0.1) is 44.4 Å². The minimum Gasteiger partial charge on any atom is -0.453 e. The van der Waals surface area contributed by atoms with Gasteiger partial charge in [-0.25, -0.2) is 14.6 Å². The summed E-state index contributed by atoms with van der Waals surface area (Å²) in [4.78, 5) is 75.7. The zero-order valence-electron chi connectivity index (χ0n) is 34.3. The van der Waals surface area contributed by atoms with E-state index in [1.165, 1.54) is 33.3 Å². The lowest BCUT2D eigenvalue weighted by Gasteiger charge is -2.30. The van der Waals surface area contributed by atoms with E-state index in [0.29, 0.717) is 38.3 Å². The summed E-state index contributed by atoms with van der Waals surface area (Å²) >= 11 is 0. The molecule has 6 atom stereocenters. The quantitative estimate of drug-likeness (QED) is 0.139. The number of H-pyrrole nitrogens is 1. The molecule has 16 heteroatoms. The minimum absolute atomic E-state index is 0.256. The van der Waals surface area contributed by atoms with Gasteiger partial charge in [-0.05, 0) is 79.1 Å². The lowest BCUT2D eigenvalue weighted by atomic mass is 9.98. The lowest BCUT2D eigenvalue weighted by Crippen LogP contribution is -2.57. The van der Waals surface area contributed by atoms with Crippen molar-refractivity contribution in [2.45, 2.75) is 82.5 Å². The number of methoxy groups -OCH3 is 4. The van der Waals surface area contributed by atoms with E-state index in [9.17, 15) is 24.0 Å². The van der Waals surface area contributed by atoms with Gasteiger partial charge in [0.25, 0.3) is 0 Å². The smallest absolute Gasteiger partial charge is 0.407 e. The van der Waals surface area contributed by atoms with Gasteiger partial charge in [0, 0.05) is 39.4 Å². The van der Waals surface area contributed by atoms with Gasteiger partial charge in [-0.15, -0.1) is 0 Å². The molecule has 16 nitrogen and oxygen atoms in total. The summed E-state index contributed by atoms with van der Waals surface area (Å²) in [5.41, 5.74) is 4.76. The van der Waals surface area contributed by atoms with E-state index in [2.05, 4.69) is 61.0 Å². The number of carbonyl (C=O) groups is 5. The zero-order chi connectivity index (χ0) is 42.2. The van der Waals surface area contributed by atoms with E-state index < -0.39 is 48.4 Å². The number of aromatic nitrogens is 2. The largest absolute Gasteiger partial charge is 0.453 e. The summed E-state index contributed by atoms with van der Waals surface area (Å²) in [6.07, 6.45) is 1.86. The molecule has 2 saturated heterocycles. The van der Waals surface area contributed by atoms with Crippen LogP contribution in [0.2, 0.25) is 0 Å². The Bertz CT molecular complexity index is 2140. The van der Waals surface area contributed by atoms with Gasteiger partial charge >= 0.3 is 12.2 Å². The van der Waals surface area contributed by atoms with Gasteiger partial charge in [-0.3, -0.25) is 14.4 Å². The Morgan fingerprint density at radius 2 is 1.27 bits per heavy atom. The third-order valence-electron chi connectivity index (χ3n) is 11.3. The molecule has 0 radical (unpaired) electrons. The molecule has 59 heavy (non-hydrogen) atoms. The number of rotatable bonds is 14. The van der Waals surface area contributed by atoms with E-state index in [-0.39, 0.29) is 17.9 Å². The second-order valence-corrected chi connectivity index (χ2v) is 14.9. The van der Waals surface area contributed by atoms with Crippen LogP contribution in [0.25, 0.3) is 33.2 Å². The first-order chi connectivity index (χ1) is 28.5. The predicted octanol–water partition coefficient (Wildman–Crippen LogP) is 4.69. The standard InChI is InChI=1S/C43H53N7O9/c1-25(56-3)36(47-42(54)58-5)40(52)49-19-7-9-34(49)38-44-24-33(46-38)32-18-17-30-21-29(15-16-31(30)22-32)28-13-11-27(12-14-28)23-45-39(51)35-10-8-20-50(35)41(53)37(26(2)57-4)48-43(55)59-6/h11-18,21-22,24-26,34-37H,7-10,19-20,23H2,1-6H3,(H,44,46)(H,45,51)(H,47,54)(H,48,55)/t25-,26-,34+,35+,36+,37+/m1/s1. The molecule has 3 aromatic carbocycles. The number of ether oxygens (including phenoxy) is 4. The highest BCUT2D eigenvalue weighted by molar-refractivity contribution is 5.93. The predicted molar refractivity (Wildman–Crippen MR) is 219 cm³/mol. The van der Waals surface area contributed by atoms with Crippen LogP contribution in [0, 0.1) is 0 Å². The highest BCUT2D eigenvalue weighted by Crippen LogP contribution is 2.34. The first kappa shape index (κ1) is 42.6. The monoisotopic (exact) mass is 811 g/mol. The molecule has 1 aromatic heterocycles. The van der Waals surface area contributed by atoms with Crippen molar-refractivity contribution >= 4 is 40.7 Å². The van der Waals surface area contributed by atoms with Crippen molar-refractivity contribution in [3.8, 4) is 22.4 Å². The number of fused-ring (bicyclic) bond motifs is 1. The summed E-state index contributed by atoms with van der Waals surface area (Å²) in [6, 6.07) is 17.6. The summed E-state index contributed by atoms with van der Waals surface area (Å²) < 4.78 is 20.2. The van der Waals surface area contributed by atoms with E-state index >= 15 is 0 Å². The highest BCUT2D eigenvalue weighted by Gasteiger charge is 2.40. The maximum absolute atomic E-state index is 13.6. The number of hydrogen-bond acceptors (Lipinski definition) is 10. The fourth-order valence-corrected chi connectivity index (χ4v) is 7.75. The fourth-order valence-electron chi connectivity index (χ4n) is 7.75. The van der Waals surface area contributed by atoms with E-state index in [4.69, 9.17) is 14.2 Å². The van der Waals surface area contributed by atoms with E-state index in [1.807, 2.05) is 30.3 Å². The minimum atomic E-state index is -0.992. The Labute approximate surface area is 343 Å². The molecule has 2 fully saturated rings. The van der Waals surface area contributed by atoms with Crippen LogP contribution in [-0.4, -0.2) is 122 Å². The number of imidazole rings is 1. The molecule has 4 aromatic rings. The third-order valence-corrected chi connectivity index (χ3v) is 11.3. The van der Waals surface area contributed by atoms with Crippen molar-refractivity contribution in [1.29, 1.82) is 0 Å². The topological polar surface area (TPSA) is 194 Å². The Morgan fingerprint density at radius 1 is 0.729 bits per heavy atom. The number of hydrogen-bond donors (Lipinski definition) is 4. The molecule has 0 spiro atoms. The summed E-state index contributed by atoms with van der Waals surface area (Å²) in [5.74, 6) is -0.227. The highest BCUT2D eigenvalue weighted by atomic mass is 16.5. The summed E-state index contributed by atoms with van der Waals surface area (Å²) in [7, 11) is 5.42. The molecule has 314 valence electrons. The Balaban J connectivity index is 1.08. The molecule has 2 aliphatic rings. The fraction of sp³-hybridized carbons (Fsp3) is 0.442. The van der Waals surface area contributed by atoms with Crippen LogP contribution >= 0.6 is 0 Å². The van der Waals surface area contributed by atoms with Gasteiger partial charge in [-0.2, -0.15) is 0 Å². The van der Waals surface area contributed by atoms with Gasteiger partial charge in [0.2, 0.25) is 17.7 Å². The van der Waals surface area contributed by atoms with Crippen molar-refractivity contribution in [3.63, 3.8) is 0 Å². The van der Waals surface area contributed by atoms with Crippen LogP contribution in [0.3, 0.4) is 0 Å². The average Bonchev–Trinajstić information content (AvgIpc) is 4.07. The molecule has 4 N–H and O–H groups in total. The van der Waals surface area contributed by atoms with Crippen molar-refractivity contribution < 1.29 is 42.9 Å². The number of aromatic amines is 1. The number of carbonyl (C=O) groups excluding carboxylic acids is 5. The van der Waals surface area contributed by atoms with Crippen molar-refractivity contribution in [1.82, 2.24) is 35.7 Å². The Kier molecular flexibility index (Phi) is 13.8. The molecule has 0 saturated carbocycles. The van der Waals surface area contributed by atoms with Crippen LogP contribution in [0.1, 0.15) is 57.0 Å². The first-order valence-corrected chi connectivity index (χ1v) is 19.8. The number of alkyl carbamates (subject to hydrolysis) is 2. The second kappa shape index (κ2) is 19.2. The maximum atomic E-state index is 13.6. The first-order valence-electron chi connectivity index (χ1n) is 19.8. The molecule has 5 amide bonds. The van der Waals surface area contributed by atoms with Crippen LogP contribution in [-0.2, 0) is 39.9 Å². The van der Waals surface area contributed by atoms with Crippen molar-refractivity contribution in [2.24, 2.45) is 0 Å². The Hall–Kier alpha value is -6.00. The van der Waals surface area contributed by atoms with E-state index in [1.54, 1.807) is 24.9 Å². The van der Waals surface area contributed by atoms with E-state index in [0.717, 1.165) is 51.6 Å². The SMILES string of the molecule is COC(=O)N[C@H](C(=O)N1CCC[C@H]1C(=O)NCc1ccc(-c2ccc3cc(-c4cnc([C@@H]5CCCN5C(=O)[C@@H](NC(=O)OC)[C@@H](C)OC)[nH]4)ccc3c2)cc1)[C@@H](C)OC. The molecular weight excluding hydrogens is 759 g/mol. The zero-order valence-corrected chi connectivity index (χ0v) is 34.3. The molecule has 0 unspecified atom stereocenters. The number of nitrogens with zero attached hydrogens (tertiary/aromatic N) is 3. The molecule has 0 aliphatic carbocycles. The van der Waals surface area contributed by atoms with Gasteiger partial charge in [-0.1, -0.05) is 48.5 Å². The molecule has 0 bridgehead atoms.